The standard InChI is InChI=1S/C9H12O/c1-3-9(2)5-4-8(6-9)7-10/h4-7H,3H2,1-2H3/t9-/m0/s1. The molecule has 0 aliphatic heterocycles. The van der Waals surface area contributed by atoms with E-state index in [2.05, 4.69) is 19.9 Å². The summed E-state index contributed by atoms with van der Waals surface area (Å²) < 4.78 is 0. The van der Waals surface area contributed by atoms with E-state index in [0.717, 1.165) is 18.3 Å². The van der Waals surface area contributed by atoms with Crippen LogP contribution in [-0.4, -0.2) is 6.29 Å². The number of aldehydes is 1. The predicted molar refractivity (Wildman–Crippen MR) is 41.7 cm³/mol. The third-order valence-corrected chi connectivity index (χ3v) is 2.05. The van der Waals surface area contributed by atoms with Crippen molar-refractivity contribution in [1.29, 1.82) is 0 Å². The van der Waals surface area contributed by atoms with E-state index in [1.165, 1.54) is 0 Å². The monoisotopic (exact) mass is 136 g/mol. The van der Waals surface area contributed by atoms with Gasteiger partial charge in [-0.1, -0.05) is 32.1 Å². The van der Waals surface area contributed by atoms with Crippen LogP contribution in [0.15, 0.2) is 23.8 Å². The van der Waals surface area contributed by atoms with Crippen molar-refractivity contribution >= 4 is 6.29 Å². The van der Waals surface area contributed by atoms with Crippen LogP contribution >= 0.6 is 0 Å². The lowest BCUT2D eigenvalue weighted by Gasteiger charge is -2.14. The van der Waals surface area contributed by atoms with Crippen LogP contribution in [-0.2, 0) is 4.79 Å². The molecule has 0 amide bonds. The number of rotatable bonds is 2. The Kier molecular flexibility index (Phi) is 1.75. The summed E-state index contributed by atoms with van der Waals surface area (Å²) in [5.41, 5.74) is 0.945. The summed E-state index contributed by atoms with van der Waals surface area (Å²) in [5.74, 6) is 0. The van der Waals surface area contributed by atoms with Gasteiger partial charge in [0.25, 0.3) is 0 Å². The molecule has 0 saturated carbocycles. The van der Waals surface area contributed by atoms with Crippen LogP contribution in [0.25, 0.3) is 0 Å². The minimum atomic E-state index is 0.135. The first-order valence-electron chi connectivity index (χ1n) is 3.57. The van der Waals surface area contributed by atoms with Gasteiger partial charge in [0.05, 0.1) is 0 Å². The zero-order chi connectivity index (χ0) is 7.61. The van der Waals surface area contributed by atoms with Gasteiger partial charge in [-0.15, -0.1) is 0 Å². The van der Waals surface area contributed by atoms with E-state index in [-0.39, 0.29) is 5.41 Å². The third-order valence-electron chi connectivity index (χ3n) is 2.05. The van der Waals surface area contributed by atoms with Crippen molar-refractivity contribution in [3.63, 3.8) is 0 Å². The minimum Gasteiger partial charge on any atom is -0.298 e. The summed E-state index contributed by atoms with van der Waals surface area (Å²) in [4.78, 5) is 10.3. The maximum Gasteiger partial charge on any atom is 0.149 e. The van der Waals surface area contributed by atoms with E-state index in [9.17, 15) is 4.79 Å². The maximum atomic E-state index is 10.3. The fraction of sp³-hybridized carbons (Fsp3) is 0.444. The van der Waals surface area contributed by atoms with Crippen LogP contribution in [0.1, 0.15) is 20.3 Å². The molecular formula is C9H12O. The summed E-state index contributed by atoms with van der Waals surface area (Å²) in [5, 5.41) is 0. The molecule has 0 heterocycles. The van der Waals surface area contributed by atoms with E-state index >= 15 is 0 Å². The minimum absolute atomic E-state index is 0.135. The summed E-state index contributed by atoms with van der Waals surface area (Å²) in [6, 6.07) is 0. The quantitative estimate of drug-likeness (QED) is 0.531. The van der Waals surface area contributed by atoms with Crippen LogP contribution in [0.5, 0.6) is 0 Å². The summed E-state index contributed by atoms with van der Waals surface area (Å²) >= 11 is 0. The molecule has 0 aromatic carbocycles. The maximum absolute atomic E-state index is 10.3. The fourth-order valence-electron chi connectivity index (χ4n) is 1.06. The lowest BCUT2D eigenvalue weighted by molar-refractivity contribution is -0.104. The summed E-state index contributed by atoms with van der Waals surface area (Å²) in [6.07, 6.45) is 7.94. The normalized spacial score (nSPS) is 30.4. The van der Waals surface area contributed by atoms with E-state index in [1.54, 1.807) is 0 Å². The van der Waals surface area contributed by atoms with Crippen LogP contribution < -0.4 is 0 Å². The van der Waals surface area contributed by atoms with Crippen molar-refractivity contribution in [3.8, 4) is 0 Å². The Balaban J connectivity index is 2.82. The van der Waals surface area contributed by atoms with Gasteiger partial charge in [0.1, 0.15) is 6.29 Å². The Hall–Kier alpha value is -0.850. The smallest absolute Gasteiger partial charge is 0.149 e. The molecular weight excluding hydrogens is 124 g/mol. The highest BCUT2D eigenvalue weighted by atomic mass is 16.1. The molecule has 0 aromatic heterocycles. The van der Waals surface area contributed by atoms with Gasteiger partial charge in [0.15, 0.2) is 0 Å². The molecule has 0 bridgehead atoms. The molecule has 0 N–H and O–H groups in total. The van der Waals surface area contributed by atoms with Crippen molar-refractivity contribution < 1.29 is 4.79 Å². The van der Waals surface area contributed by atoms with Gasteiger partial charge in [0, 0.05) is 11.0 Å². The topological polar surface area (TPSA) is 17.1 Å². The number of carbonyl (C=O) groups is 1. The van der Waals surface area contributed by atoms with Crippen molar-refractivity contribution in [3.05, 3.63) is 23.8 Å². The van der Waals surface area contributed by atoms with Gasteiger partial charge < -0.3 is 0 Å². The van der Waals surface area contributed by atoms with Crippen LogP contribution in [0.4, 0.5) is 0 Å². The van der Waals surface area contributed by atoms with E-state index in [1.807, 2.05) is 12.2 Å². The molecule has 0 fully saturated rings. The van der Waals surface area contributed by atoms with Gasteiger partial charge in [-0.05, 0) is 6.42 Å². The summed E-state index contributed by atoms with van der Waals surface area (Å²) in [6.45, 7) is 4.24. The van der Waals surface area contributed by atoms with Crippen molar-refractivity contribution in [1.82, 2.24) is 0 Å². The van der Waals surface area contributed by atoms with Gasteiger partial charge in [0.2, 0.25) is 0 Å². The zero-order valence-corrected chi connectivity index (χ0v) is 6.42. The fourth-order valence-corrected chi connectivity index (χ4v) is 1.06. The van der Waals surface area contributed by atoms with E-state index < -0.39 is 0 Å². The molecule has 1 aliphatic carbocycles. The molecule has 1 rings (SSSR count). The van der Waals surface area contributed by atoms with Crippen LogP contribution in [0, 0.1) is 5.41 Å². The zero-order valence-electron chi connectivity index (χ0n) is 6.42. The predicted octanol–water partition coefficient (Wildman–Crippen LogP) is 2.10. The Bertz CT molecular complexity index is 201. The number of hydrogen-bond acceptors (Lipinski definition) is 1. The molecule has 0 radical (unpaired) electrons. The molecule has 1 heteroatoms. The van der Waals surface area contributed by atoms with Crippen LogP contribution in [0.3, 0.4) is 0 Å². The lowest BCUT2D eigenvalue weighted by atomic mass is 9.90. The van der Waals surface area contributed by atoms with Crippen molar-refractivity contribution in [2.75, 3.05) is 0 Å². The highest BCUT2D eigenvalue weighted by Gasteiger charge is 2.19. The van der Waals surface area contributed by atoms with E-state index in [4.69, 9.17) is 0 Å². The first-order chi connectivity index (χ1) is 4.70. The Morgan fingerprint density at radius 1 is 1.70 bits per heavy atom. The molecule has 0 spiro atoms. The lowest BCUT2D eigenvalue weighted by Crippen LogP contribution is -2.04. The SMILES string of the molecule is CC[C@@]1(C)C=CC(C=O)=C1. The third kappa shape index (κ3) is 1.18. The second-order valence-electron chi connectivity index (χ2n) is 2.95. The van der Waals surface area contributed by atoms with Crippen molar-refractivity contribution in [2.45, 2.75) is 20.3 Å². The van der Waals surface area contributed by atoms with Crippen LogP contribution in [0.2, 0.25) is 0 Å². The highest BCUT2D eigenvalue weighted by molar-refractivity contribution is 5.79. The molecule has 54 valence electrons. The first-order valence-corrected chi connectivity index (χ1v) is 3.57. The number of hydrogen-bond donors (Lipinski definition) is 0. The van der Waals surface area contributed by atoms with Gasteiger partial charge in [-0.2, -0.15) is 0 Å². The van der Waals surface area contributed by atoms with Gasteiger partial charge >= 0.3 is 0 Å². The second kappa shape index (κ2) is 2.41. The molecule has 0 saturated heterocycles. The average molecular weight is 136 g/mol. The van der Waals surface area contributed by atoms with E-state index in [0.29, 0.717) is 0 Å². The number of allylic oxidation sites excluding steroid dienone is 4. The molecule has 10 heavy (non-hydrogen) atoms. The molecule has 1 aliphatic rings. The molecule has 1 nitrogen and oxygen atoms in total. The van der Waals surface area contributed by atoms with Gasteiger partial charge in [-0.25, -0.2) is 0 Å². The molecule has 0 aromatic rings. The first kappa shape index (κ1) is 7.26. The number of carbonyl (C=O) groups excluding carboxylic acids is 1. The van der Waals surface area contributed by atoms with Gasteiger partial charge in [-0.3, -0.25) is 4.79 Å². The average Bonchev–Trinajstić information content (AvgIpc) is 2.33. The summed E-state index contributed by atoms with van der Waals surface area (Å²) in [7, 11) is 0. The largest absolute Gasteiger partial charge is 0.298 e. The Morgan fingerprint density at radius 3 is 2.70 bits per heavy atom. The Morgan fingerprint density at radius 2 is 2.40 bits per heavy atom. The highest BCUT2D eigenvalue weighted by Crippen LogP contribution is 2.31. The molecule has 1 atom stereocenters. The molecule has 0 unspecified atom stereocenters. The Labute approximate surface area is 61.4 Å². The second-order valence-corrected chi connectivity index (χ2v) is 2.95. The van der Waals surface area contributed by atoms with Crippen molar-refractivity contribution in [2.24, 2.45) is 5.41 Å².